The summed E-state index contributed by atoms with van der Waals surface area (Å²) in [6, 6.07) is 4.83. The summed E-state index contributed by atoms with van der Waals surface area (Å²) in [4.78, 5) is 9.60. The molecule has 0 unspecified atom stereocenters. The lowest BCUT2D eigenvalue weighted by atomic mass is 10.1. The second-order valence-corrected chi connectivity index (χ2v) is 5.89. The van der Waals surface area contributed by atoms with Gasteiger partial charge in [0.25, 0.3) is 0 Å². The molecule has 0 aromatic carbocycles. The number of hydrogen-bond donors (Lipinski definition) is 1. The van der Waals surface area contributed by atoms with Crippen molar-refractivity contribution in [2.24, 2.45) is 0 Å². The van der Waals surface area contributed by atoms with Gasteiger partial charge in [0, 0.05) is 64.3 Å². The van der Waals surface area contributed by atoms with Crippen molar-refractivity contribution in [2.45, 2.75) is 32.9 Å². The van der Waals surface area contributed by atoms with Gasteiger partial charge in [0.15, 0.2) is 0 Å². The van der Waals surface area contributed by atoms with Crippen molar-refractivity contribution < 1.29 is 4.74 Å². The zero-order valence-corrected chi connectivity index (χ0v) is 14.2. The van der Waals surface area contributed by atoms with Crippen LogP contribution >= 0.6 is 0 Å². The molecule has 5 nitrogen and oxygen atoms in total. The molecule has 1 aromatic heterocycles. The second kappa shape index (κ2) is 9.08. The van der Waals surface area contributed by atoms with Crippen LogP contribution in [0.5, 0.6) is 0 Å². The van der Waals surface area contributed by atoms with E-state index in [1.165, 1.54) is 12.1 Å². The molecule has 0 bridgehead atoms. The number of aromatic nitrogens is 1. The van der Waals surface area contributed by atoms with E-state index in [0.29, 0.717) is 6.04 Å². The Balaban J connectivity index is 1.90. The Morgan fingerprint density at radius 3 is 2.95 bits per heavy atom. The van der Waals surface area contributed by atoms with Gasteiger partial charge in [-0.3, -0.25) is 14.8 Å². The highest BCUT2D eigenvalue weighted by Crippen LogP contribution is 2.16. The molecular formula is C17H30N4O. The van der Waals surface area contributed by atoms with Crippen LogP contribution < -0.4 is 5.32 Å². The predicted molar refractivity (Wildman–Crippen MR) is 91.2 cm³/mol. The van der Waals surface area contributed by atoms with E-state index < -0.39 is 0 Å². The SMILES string of the molecule is CCNc1ccnc(CN2CCN(CCOC)[C@@H](CC)C2)c1. The Bertz CT molecular complexity index is 440. The van der Waals surface area contributed by atoms with Crippen molar-refractivity contribution in [3.63, 3.8) is 0 Å². The maximum Gasteiger partial charge on any atom is 0.0589 e. The standard InChI is InChI=1S/C17H30N4O/c1-4-17-14-20(8-9-21(17)10-11-22-3)13-16-12-15(18-5-2)6-7-19-16/h6-7,12,17H,4-5,8-11,13-14H2,1-3H3,(H,18,19)/t17-/m0/s1. The minimum atomic E-state index is 0.626. The molecule has 22 heavy (non-hydrogen) atoms. The lowest BCUT2D eigenvalue weighted by molar-refractivity contribution is 0.0460. The van der Waals surface area contributed by atoms with Crippen LogP contribution in [0.1, 0.15) is 26.0 Å². The molecule has 124 valence electrons. The Morgan fingerprint density at radius 1 is 1.36 bits per heavy atom. The smallest absolute Gasteiger partial charge is 0.0589 e. The first-order valence-corrected chi connectivity index (χ1v) is 8.41. The maximum atomic E-state index is 5.22. The zero-order valence-electron chi connectivity index (χ0n) is 14.2. The largest absolute Gasteiger partial charge is 0.385 e. The lowest BCUT2D eigenvalue weighted by Crippen LogP contribution is -2.53. The summed E-state index contributed by atoms with van der Waals surface area (Å²) in [7, 11) is 1.78. The third kappa shape index (κ3) is 4.93. The average molecular weight is 306 g/mol. The van der Waals surface area contributed by atoms with Crippen molar-refractivity contribution in [3.05, 3.63) is 24.0 Å². The van der Waals surface area contributed by atoms with E-state index in [9.17, 15) is 0 Å². The van der Waals surface area contributed by atoms with Crippen LogP contribution in [0.3, 0.4) is 0 Å². The zero-order chi connectivity index (χ0) is 15.8. The number of rotatable bonds is 8. The van der Waals surface area contributed by atoms with Crippen LogP contribution in [0.4, 0.5) is 5.69 Å². The van der Waals surface area contributed by atoms with Gasteiger partial charge in [-0.05, 0) is 25.5 Å². The highest BCUT2D eigenvalue weighted by atomic mass is 16.5. The molecule has 2 rings (SSSR count). The molecule has 1 aliphatic rings. The van der Waals surface area contributed by atoms with Gasteiger partial charge in [0.1, 0.15) is 0 Å². The monoisotopic (exact) mass is 306 g/mol. The summed E-state index contributed by atoms with van der Waals surface area (Å²) >= 11 is 0. The molecule has 0 saturated carbocycles. The van der Waals surface area contributed by atoms with E-state index in [0.717, 1.165) is 51.6 Å². The summed E-state index contributed by atoms with van der Waals surface area (Å²) in [6.07, 6.45) is 3.09. The Kier molecular flexibility index (Phi) is 7.09. The first-order chi connectivity index (χ1) is 10.8. The van der Waals surface area contributed by atoms with Crippen molar-refractivity contribution in [3.8, 4) is 0 Å². The maximum absolute atomic E-state index is 5.22. The third-order valence-electron chi connectivity index (χ3n) is 4.33. The van der Waals surface area contributed by atoms with E-state index in [1.54, 1.807) is 7.11 Å². The number of nitrogens with zero attached hydrogens (tertiary/aromatic N) is 3. The van der Waals surface area contributed by atoms with Gasteiger partial charge >= 0.3 is 0 Å². The Morgan fingerprint density at radius 2 is 2.23 bits per heavy atom. The van der Waals surface area contributed by atoms with Crippen LogP contribution in [0.15, 0.2) is 18.3 Å². The molecule has 1 atom stereocenters. The van der Waals surface area contributed by atoms with E-state index >= 15 is 0 Å². The number of hydrogen-bond acceptors (Lipinski definition) is 5. The van der Waals surface area contributed by atoms with Gasteiger partial charge in [-0.25, -0.2) is 0 Å². The Hall–Kier alpha value is -1.17. The molecule has 0 spiro atoms. The van der Waals surface area contributed by atoms with Crippen LogP contribution in [-0.4, -0.2) is 67.3 Å². The van der Waals surface area contributed by atoms with Gasteiger partial charge in [0.2, 0.25) is 0 Å². The molecule has 1 N–H and O–H groups in total. The van der Waals surface area contributed by atoms with Gasteiger partial charge in [-0.15, -0.1) is 0 Å². The molecule has 5 heteroatoms. The minimum absolute atomic E-state index is 0.626. The lowest BCUT2D eigenvalue weighted by Gasteiger charge is -2.41. The molecule has 1 aliphatic heterocycles. The third-order valence-corrected chi connectivity index (χ3v) is 4.33. The summed E-state index contributed by atoms with van der Waals surface area (Å²) in [5, 5.41) is 3.35. The summed E-state index contributed by atoms with van der Waals surface area (Å²) in [5.74, 6) is 0. The van der Waals surface area contributed by atoms with Crippen molar-refractivity contribution in [2.75, 3.05) is 51.8 Å². The first-order valence-electron chi connectivity index (χ1n) is 8.41. The molecular weight excluding hydrogens is 276 g/mol. The summed E-state index contributed by atoms with van der Waals surface area (Å²) in [6.45, 7) is 11.5. The highest BCUT2D eigenvalue weighted by Gasteiger charge is 2.25. The molecule has 2 heterocycles. The quantitative estimate of drug-likeness (QED) is 0.796. The van der Waals surface area contributed by atoms with Crippen LogP contribution in [0, 0.1) is 0 Å². The molecule has 0 amide bonds. The van der Waals surface area contributed by atoms with Crippen LogP contribution in [-0.2, 0) is 11.3 Å². The highest BCUT2D eigenvalue weighted by molar-refractivity contribution is 5.42. The molecule has 0 radical (unpaired) electrons. The second-order valence-electron chi connectivity index (χ2n) is 5.89. The fourth-order valence-electron chi connectivity index (χ4n) is 3.10. The summed E-state index contributed by atoms with van der Waals surface area (Å²) in [5.41, 5.74) is 2.32. The fourth-order valence-corrected chi connectivity index (χ4v) is 3.10. The first kappa shape index (κ1) is 17.2. The topological polar surface area (TPSA) is 40.6 Å². The van der Waals surface area contributed by atoms with Crippen molar-refractivity contribution >= 4 is 5.69 Å². The van der Waals surface area contributed by atoms with Crippen LogP contribution in [0.2, 0.25) is 0 Å². The molecule has 1 aromatic rings. The number of methoxy groups -OCH3 is 1. The van der Waals surface area contributed by atoms with E-state index in [2.05, 4.69) is 40.0 Å². The molecule has 1 fully saturated rings. The Labute approximate surface area is 134 Å². The number of nitrogens with one attached hydrogen (secondary N) is 1. The van der Waals surface area contributed by atoms with Gasteiger partial charge in [-0.1, -0.05) is 6.92 Å². The average Bonchev–Trinajstić information content (AvgIpc) is 2.54. The number of ether oxygens (including phenoxy) is 1. The number of anilines is 1. The van der Waals surface area contributed by atoms with Gasteiger partial charge in [-0.2, -0.15) is 0 Å². The molecule has 0 aliphatic carbocycles. The minimum Gasteiger partial charge on any atom is -0.385 e. The van der Waals surface area contributed by atoms with E-state index in [4.69, 9.17) is 4.74 Å². The number of pyridine rings is 1. The molecule has 1 saturated heterocycles. The fraction of sp³-hybridized carbons (Fsp3) is 0.706. The summed E-state index contributed by atoms with van der Waals surface area (Å²) < 4.78 is 5.22. The number of piperazine rings is 1. The van der Waals surface area contributed by atoms with Gasteiger partial charge < -0.3 is 10.1 Å². The van der Waals surface area contributed by atoms with Crippen LogP contribution in [0.25, 0.3) is 0 Å². The van der Waals surface area contributed by atoms with E-state index in [1.807, 2.05) is 12.3 Å². The van der Waals surface area contributed by atoms with E-state index in [-0.39, 0.29) is 0 Å². The predicted octanol–water partition coefficient (Wildman–Crippen LogP) is 2.06. The van der Waals surface area contributed by atoms with Crippen molar-refractivity contribution in [1.29, 1.82) is 0 Å². The normalized spacial score (nSPS) is 20.2. The van der Waals surface area contributed by atoms with Gasteiger partial charge in [0.05, 0.1) is 12.3 Å². The van der Waals surface area contributed by atoms with Crippen molar-refractivity contribution in [1.82, 2.24) is 14.8 Å².